The Morgan fingerprint density at radius 3 is 0.688 bits per heavy atom. The van der Waals surface area contributed by atoms with Gasteiger partial charge in [0.15, 0.2) is 0 Å². The third-order valence-corrected chi connectivity index (χ3v) is 0.406. The van der Waals surface area contributed by atoms with Gasteiger partial charge in [0.2, 0.25) is 0 Å². The van der Waals surface area contributed by atoms with Crippen LogP contribution in [0.25, 0.3) is 0 Å². The van der Waals surface area contributed by atoms with Gasteiger partial charge in [-0.25, -0.2) is 14.4 Å². The second kappa shape index (κ2) is 20.1. The maximum Gasteiger partial charge on any atom is 0.329 e. The van der Waals surface area contributed by atoms with Crippen LogP contribution in [0.15, 0.2) is 0 Å². The first kappa shape index (κ1) is 24.7. The Labute approximate surface area is 122 Å². The van der Waals surface area contributed by atoms with Gasteiger partial charge in [-0.05, 0) is 0 Å². The van der Waals surface area contributed by atoms with Gasteiger partial charge in [-0.2, -0.15) is 0 Å². The fourth-order valence-corrected chi connectivity index (χ4v) is 0. The summed E-state index contributed by atoms with van der Waals surface area (Å²) in [5.41, 5.74) is 0. The van der Waals surface area contributed by atoms with E-state index in [4.69, 9.17) is 45.0 Å². The number of carbonyl (C=O) groups is 3. The number of carboxylic acids is 3. The number of aliphatic hydroxyl groups is 3. The smallest absolute Gasteiger partial charge is 0.329 e. The summed E-state index contributed by atoms with van der Waals surface area (Å²) in [6, 6.07) is 0. The Balaban J connectivity index is -0.0000000655. The van der Waals surface area contributed by atoms with Gasteiger partial charge in [-0.1, -0.05) is 0 Å². The SMILES string of the molecule is O=C(O)CO.O=C(O)CO.O=C(O)CO.[Sm]. The molecule has 0 spiro atoms. The van der Waals surface area contributed by atoms with Gasteiger partial charge in [-0.15, -0.1) is 0 Å². The molecule has 0 aromatic rings. The molecule has 0 radical (unpaired) electrons. The Bertz CT molecular complexity index is 159. The molecule has 0 bridgehead atoms. The number of hydrogen-bond donors (Lipinski definition) is 6. The average molecular weight is 379 g/mol. The molecule has 0 fully saturated rings. The number of rotatable bonds is 3. The van der Waals surface area contributed by atoms with Crippen LogP contribution >= 0.6 is 0 Å². The number of aliphatic carboxylic acids is 3. The van der Waals surface area contributed by atoms with Gasteiger partial charge in [0.05, 0.1) is 0 Å². The molecule has 9 nitrogen and oxygen atoms in total. The zero-order valence-corrected chi connectivity index (χ0v) is 10.6. The molecule has 0 rings (SSSR count). The van der Waals surface area contributed by atoms with Gasteiger partial charge >= 0.3 is 17.9 Å². The summed E-state index contributed by atoms with van der Waals surface area (Å²) in [6.45, 7) is -2.33. The van der Waals surface area contributed by atoms with Crippen LogP contribution < -0.4 is 0 Å². The quantitative estimate of drug-likeness (QED) is 0.303. The Morgan fingerprint density at radius 1 is 0.625 bits per heavy atom. The van der Waals surface area contributed by atoms with Crippen molar-refractivity contribution in [3.63, 3.8) is 0 Å². The van der Waals surface area contributed by atoms with E-state index in [2.05, 4.69) is 0 Å². The molecule has 16 heavy (non-hydrogen) atoms. The first-order chi connectivity index (χ1) is 6.81. The Morgan fingerprint density at radius 2 is 0.688 bits per heavy atom. The van der Waals surface area contributed by atoms with E-state index in [-0.39, 0.29) is 40.4 Å². The van der Waals surface area contributed by atoms with E-state index in [9.17, 15) is 0 Å². The molecule has 0 saturated carbocycles. The van der Waals surface area contributed by atoms with E-state index in [0.29, 0.717) is 0 Å². The molecule has 0 heterocycles. The van der Waals surface area contributed by atoms with Crippen molar-refractivity contribution in [3.8, 4) is 0 Å². The number of hydrogen-bond acceptors (Lipinski definition) is 6. The van der Waals surface area contributed by atoms with Gasteiger partial charge in [0.1, 0.15) is 19.8 Å². The van der Waals surface area contributed by atoms with Gasteiger partial charge in [-0.3, -0.25) is 0 Å². The van der Waals surface area contributed by atoms with E-state index in [1.165, 1.54) is 0 Å². The second-order valence-corrected chi connectivity index (χ2v) is 1.66. The summed E-state index contributed by atoms with van der Waals surface area (Å²) in [6.07, 6.45) is 0. The molecule has 6 N–H and O–H groups in total. The third kappa shape index (κ3) is 68.6. The van der Waals surface area contributed by atoms with Crippen LogP contribution in [0, 0.1) is 40.4 Å². The molecule has 0 aromatic heterocycles. The minimum absolute atomic E-state index is 0. The van der Waals surface area contributed by atoms with Crippen molar-refractivity contribution in [2.24, 2.45) is 0 Å². The van der Waals surface area contributed by atoms with Crippen molar-refractivity contribution in [2.75, 3.05) is 19.8 Å². The summed E-state index contributed by atoms with van der Waals surface area (Å²) >= 11 is 0. The van der Waals surface area contributed by atoms with Crippen LogP contribution in [0.5, 0.6) is 0 Å². The third-order valence-electron chi connectivity index (χ3n) is 0.406. The fraction of sp³-hybridized carbons (Fsp3) is 0.500. The van der Waals surface area contributed by atoms with Crippen LogP contribution in [0.4, 0.5) is 0 Å². The number of carboxylic acid groups (broad SMARTS) is 3. The molecule has 0 aliphatic heterocycles. The summed E-state index contributed by atoms with van der Waals surface area (Å²) in [4.78, 5) is 27.4. The minimum Gasteiger partial charge on any atom is -0.480 e. The molecule has 0 aromatic carbocycles. The van der Waals surface area contributed by atoms with Crippen molar-refractivity contribution in [3.05, 3.63) is 0 Å². The molecule has 0 atom stereocenters. The molecule has 0 aliphatic carbocycles. The van der Waals surface area contributed by atoms with Gasteiger partial charge in [0.25, 0.3) is 0 Å². The van der Waals surface area contributed by atoms with Gasteiger partial charge < -0.3 is 30.6 Å². The van der Waals surface area contributed by atoms with Crippen LogP contribution in [-0.2, 0) is 14.4 Å². The van der Waals surface area contributed by atoms with E-state index in [1.807, 2.05) is 0 Å². The zero-order chi connectivity index (χ0) is 12.9. The molecule has 10 heteroatoms. The largest absolute Gasteiger partial charge is 0.480 e. The molecule has 0 unspecified atom stereocenters. The van der Waals surface area contributed by atoms with Gasteiger partial charge in [0, 0.05) is 40.4 Å². The van der Waals surface area contributed by atoms with Crippen LogP contribution in [0.3, 0.4) is 0 Å². The summed E-state index contributed by atoms with van der Waals surface area (Å²) in [5, 5.41) is 45.0. The summed E-state index contributed by atoms with van der Waals surface area (Å²) < 4.78 is 0. The molecular formula is C6H12O9Sm. The van der Waals surface area contributed by atoms with Crippen LogP contribution in [0.1, 0.15) is 0 Å². The monoisotopic (exact) mass is 380 g/mol. The van der Waals surface area contributed by atoms with E-state index >= 15 is 0 Å². The fourth-order valence-electron chi connectivity index (χ4n) is 0. The molecule has 0 aliphatic rings. The van der Waals surface area contributed by atoms with Crippen LogP contribution in [-0.4, -0.2) is 68.4 Å². The Kier molecular flexibility index (Phi) is 31.1. The number of aliphatic hydroxyl groups excluding tert-OH is 3. The second-order valence-electron chi connectivity index (χ2n) is 1.66. The maximum absolute atomic E-state index is 9.12. The van der Waals surface area contributed by atoms with E-state index in [0.717, 1.165) is 0 Å². The minimum atomic E-state index is -1.19. The van der Waals surface area contributed by atoms with E-state index < -0.39 is 37.7 Å². The zero-order valence-electron chi connectivity index (χ0n) is 7.94. The maximum atomic E-state index is 9.12. The van der Waals surface area contributed by atoms with Crippen molar-refractivity contribution in [1.29, 1.82) is 0 Å². The molecule has 0 amide bonds. The van der Waals surface area contributed by atoms with Crippen molar-refractivity contribution in [1.82, 2.24) is 0 Å². The van der Waals surface area contributed by atoms with Crippen molar-refractivity contribution < 1.29 is 85.4 Å². The Hall–Kier alpha value is -0.372. The first-order valence-corrected chi connectivity index (χ1v) is 3.29. The normalized spacial score (nSPS) is 6.94. The van der Waals surface area contributed by atoms with Crippen LogP contribution in [0.2, 0.25) is 0 Å². The topological polar surface area (TPSA) is 173 Å². The predicted molar refractivity (Wildman–Crippen MR) is 44.2 cm³/mol. The summed E-state index contributed by atoms with van der Waals surface area (Å²) in [7, 11) is 0. The molecular weight excluding hydrogens is 366 g/mol. The molecule has 96 valence electrons. The first-order valence-electron chi connectivity index (χ1n) is 3.29. The van der Waals surface area contributed by atoms with Crippen molar-refractivity contribution in [2.45, 2.75) is 0 Å². The standard InChI is InChI=1S/3C2H4O3.Sm/c3*3-1-2(4)5;/h3*3H,1H2,(H,4,5);. The summed E-state index contributed by atoms with van der Waals surface area (Å²) in [5.74, 6) is -3.57. The van der Waals surface area contributed by atoms with E-state index in [1.54, 1.807) is 0 Å². The predicted octanol–water partition coefficient (Wildman–Crippen LogP) is -2.81. The average Bonchev–Trinajstić information content (AvgIpc) is 2.19. The van der Waals surface area contributed by atoms with Crippen molar-refractivity contribution >= 4 is 17.9 Å². The molecule has 0 saturated heterocycles.